The first kappa shape index (κ1) is 14.1. The summed E-state index contributed by atoms with van der Waals surface area (Å²) in [5.41, 5.74) is 1.10. The summed E-state index contributed by atoms with van der Waals surface area (Å²) in [7, 11) is 0. The Balaban J connectivity index is 1.52. The van der Waals surface area contributed by atoms with Crippen LogP contribution >= 0.6 is 0 Å². The van der Waals surface area contributed by atoms with Crippen LogP contribution in [0.2, 0.25) is 0 Å². The molecule has 0 radical (unpaired) electrons. The molecule has 1 amide bonds. The van der Waals surface area contributed by atoms with Gasteiger partial charge in [0.25, 0.3) is 0 Å². The number of aryl methyl sites for hydroxylation is 1. The number of benzene rings is 1. The van der Waals surface area contributed by atoms with Gasteiger partial charge in [-0.15, -0.1) is 0 Å². The lowest BCUT2D eigenvalue weighted by Crippen LogP contribution is -2.43. The molecule has 2 aliphatic carbocycles. The van der Waals surface area contributed by atoms with Crippen molar-refractivity contribution in [2.24, 2.45) is 17.8 Å². The number of amides is 1. The maximum absolute atomic E-state index is 12.2. The average molecular weight is 287 g/mol. The van der Waals surface area contributed by atoms with Crippen molar-refractivity contribution < 1.29 is 14.7 Å². The van der Waals surface area contributed by atoms with E-state index in [-0.39, 0.29) is 11.8 Å². The number of carbonyl (C=O) groups excluding carboxylic acids is 1. The third kappa shape index (κ3) is 3.43. The molecular weight excluding hydrogens is 266 g/mol. The number of hydrogen-bond donors (Lipinski definition) is 2. The summed E-state index contributed by atoms with van der Waals surface area (Å²) in [6, 6.07) is 8.99. The molecule has 3 atom stereocenters. The second-order valence-corrected chi connectivity index (χ2v) is 6.35. The zero-order valence-corrected chi connectivity index (χ0v) is 12.0. The quantitative estimate of drug-likeness (QED) is 0.843. The molecule has 3 rings (SSSR count). The maximum atomic E-state index is 12.2. The van der Waals surface area contributed by atoms with Crippen molar-refractivity contribution in [3.05, 3.63) is 35.9 Å². The molecule has 4 nitrogen and oxygen atoms in total. The van der Waals surface area contributed by atoms with Crippen molar-refractivity contribution in [3.63, 3.8) is 0 Å². The fraction of sp³-hybridized carbons (Fsp3) is 0.529. The summed E-state index contributed by atoms with van der Waals surface area (Å²) in [5, 5.41) is 12.0. The zero-order valence-electron chi connectivity index (χ0n) is 12.0. The highest BCUT2D eigenvalue weighted by molar-refractivity contribution is 5.85. The van der Waals surface area contributed by atoms with Crippen LogP contribution in [0.4, 0.5) is 0 Å². The molecule has 0 heterocycles. The molecule has 1 aromatic rings. The van der Waals surface area contributed by atoms with E-state index in [1.807, 2.05) is 30.3 Å². The largest absolute Gasteiger partial charge is 0.480 e. The predicted molar refractivity (Wildman–Crippen MR) is 78.7 cm³/mol. The Bertz CT molecular complexity index is 518. The first-order valence-corrected chi connectivity index (χ1v) is 7.70. The standard InChI is InChI=1S/C17H21NO3/c19-16(14-9-12-8-13(12)10-14)18-15(17(20)21)7-6-11-4-2-1-3-5-11/h1-5,12-15H,6-10H2,(H,18,19)(H,20,21)/t12?,13?,14?,15-/m0/s1. The topological polar surface area (TPSA) is 66.4 Å². The fourth-order valence-corrected chi connectivity index (χ4v) is 3.43. The molecule has 1 aromatic carbocycles. The van der Waals surface area contributed by atoms with Crippen LogP contribution in [0, 0.1) is 17.8 Å². The van der Waals surface area contributed by atoms with E-state index in [9.17, 15) is 14.7 Å². The number of carboxylic acids is 1. The van der Waals surface area contributed by atoms with Gasteiger partial charge in [0.1, 0.15) is 6.04 Å². The third-order valence-electron chi connectivity index (χ3n) is 4.79. The van der Waals surface area contributed by atoms with Crippen LogP contribution in [-0.2, 0) is 16.0 Å². The smallest absolute Gasteiger partial charge is 0.326 e. The summed E-state index contributed by atoms with van der Waals surface area (Å²) in [5.74, 6) is 0.485. The van der Waals surface area contributed by atoms with Crippen LogP contribution in [0.25, 0.3) is 0 Å². The normalized spacial score (nSPS) is 27.7. The van der Waals surface area contributed by atoms with Crippen molar-refractivity contribution in [2.75, 3.05) is 0 Å². The fourth-order valence-electron chi connectivity index (χ4n) is 3.43. The Labute approximate surface area is 124 Å². The number of nitrogens with one attached hydrogen (secondary N) is 1. The van der Waals surface area contributed by atoms with E-state index >= 15 is 0 Å². The van der Waals surface area contributed by atoms with Crippen LogP contribution < -0.4 is 5.32 Å². The van der Waals surface area contributed by atoms with Gasteiger partial charge in [0, 0.05) is 5.92 Å². The number of carboxylic acid groups (broad SMARTS) is 1. The van der Waals surface area contributed by atoms with Crippen LogP contribution in [0.5, 0.6) is 0 Å². The summed E-state index contributed by atoms with van der Waals surface area (Å²) >= 11 is 0. The van der Waals surface area contributed by atoms with Crippen LogP contribution in [0.1, 0.15) is 31.2 Å². The number of hydrogen-bond acceptors (Lipinski definition) is 2. The molecule has 2 aliphatic rings. The summed E-state index contributed by atoms with van der Waals surface area (Å²) in [6.45, 7) is 0. The highest BCUT2D eigenvalue weighted by Gasteiger charge is 2.48. The van der Waals surface area contributed by atoms with Gasteiger partial charge in [-0.2, -0.15) is 0 Å². The van der Waals surface area contributed by atoms with Crippen LogP contribution in [-0.4, -0.2) is 23.0 Å². The van der Waals surface area contributed by atoms with Crippen molar-refractivity contribution in [1.29, 1.82) is 0 Å². The van der Waals surface area contributed by atoms with Crippen molar-refractivity contribution in [1.82, 2.24) is 5.32 Å². The molecule has 2 unspecified atom stereocenters. The SMILES string of the molecule is O=C(N[C@@H](CCc1ccccc1)C(=O)O)C1CC2CC2C1. The van der Waals surface area contributed by atoms with Gasteiger partial charge in [-0.25, -0.2) is 4.79 Å². The summed E-state index contributed by atoms with van der Waals surface area (Å²) in [4.78, 5) is 23.5. The molecule has 112 valence electrons. The molecule has 0 spiro atoms. The molecule has 2 fully saturated rings. The van der Waals surface area contributed by atoms with Crippen molar-refractivity contribution in [3.8, 4) is 0 Å². The average Bonchev–Trinajstić information content (AvgIpc) is 3.10. The van der Waals surface area contributed by atoms with Gasteiger partial charge in [0.05, 0.1) is 0 Å². The second-order valence-electron chi connectivity index (χ2n) is 6.35. The lowest BCUT2D eigenvalue weighted by Gasteiger charge is -2.18. The highest BCUT2D eigenvalue weighted by Crippen LogP contribution is 2.54. The molecule has 4 heteroatoms. The van der Waals surface area contributed by atoms with Crippen molar-refractivity contribution >= 4 is 11.9 Å². The van der Waals surface area contributed by atoms with Gasteiger partial charge in [-0.1, -0.05) is 30.3 Å². The molecule has 0 bridgehead atoms. The molecule has 2 saturated carbocycles. The van der Waals surface area contributed by atoms with Gasteiger partial charge in [0.2, 0.25) is 5.91 Å². The molecule has 2 N–H and O–H groups in total. The molecule has 21 heavy (non-hydrogen) atoms. The second kappa shape index (κ2) is 5.88. The van der Waals surface area contributed by atoms with Gasteiger partial charge in [-0.05, 0) is 49.5 Å². The number of fused-ring (bicyclic) bond motifs is 1. The lowest BCUT2D eigenvalue weighted by atomic mass is 10.0. The molecular formula is C17H21NO3. The Kier molecular flexibility index (Phi) is 3.95. The van der Waals surface area contributed by atoms with E-state index in [1.165, 1.54) is 6.42 Å². The Morgan fingerprint density at radius 1 is 1.14 bits per heavy atom. The molecule has 0 aliphatic heterocycles. The highest BCUT2D eigenvalue weighted by atomic mass is 16.4. The maximum Gasteiger partial charge on any atom is 0.326 e. The van der Waals surface area contributed by atoms with Crippen LogP contribution in [0.15, 0.2) is 30.3 Å². The minimum atomic E-state index is -0.942. The Hall–Kier alpha value is -1.84. The zero-order chi connectivity index (χ0) is 14.8. The van der Waals surface area contributed by atoms with Gasteiger partial charge < -0.3 is 10.4 Å². The number of rotatable bonds is 6. The van der Waals surface area contributed by atoms with E-state index < -0.39 is 12.0 Å². The number of carbonyl (C=O) groups is 2. The van der Waals surface area contributed by atoms with E-state index in [0.717, 1.165) is 30.2 Å². The lowest BCUT2D eigenvalue weighted by molar-refractivity contribution is -0.142. The van der Waals surface area contributed by atoms with E-state index in [0.29, 0.717) is 12.8 Å². The first-order chi connectivity index (χ1) is 10.1. The molecule has 0 aromatic heterocycles. The van der Waals surface area contributed by atoms with Gasteiger partial charge in [0.15, 0.2) is 0 Å². The Morgan fingerprint density at radius 3 is 2.43 bits per heavy atom. The van der Waals surface area contributed by atoms with Gasteiger partial charge >= 0.3 is 5.97 Å². The van der Waals surface area contributed by atoms with E-state index in [1.54, 1.807) is 0 Å². The first-order valence-electron chi connectivity index (χ1n) is 7.70. The predicted octanol–water partition coefficient (Wildman–Crippen LogP) is 2.23. The molecule has 0 saturated heterocycles. The minimum absolute atomic E-state index is 0.0346. The van der Waals surface area contributed by atoms with Crippen molar-refractivity contribution in [2.45, 2.75) is 38.1 Å². The van der Waals surface area contributed by atoms with E-state index in [4.69, 9.17) is 0 Å². The summed E-state index contributed by atoms with van der Waals surface area (Å²) in [6.07, 6.45) is 4.25. The minimum Gasteiger partial charge on any atom is -0.480 e. The Morgan fingerprint density at radius 2 is 1.81 bits per heavy atom. The summed E-state index contributed by atoms with van der Waals surface area (Å²) < 4.78 is 0. The number of aliphatic carboxylic acids is 1. The third-order valence-corrected chi connectivity index (χ3v) is 4.79. The van der Waals surface area contributed by atoms with Gasteiger partial charge in [-0.3, -0.25) is 4.79 Å². The monoisotopic (exact) mass is 287 g/mol. The van der Waals surface area contributed by atoms with Crippen LogP contribution in [0.3, 0.4) is 0 Å². The van der Waals surface area contributed by atoms with E-state index in [2.05, 4.69) is 5.32 Å².